The summed E-state index contributed by atoms with van der Waals surface area (Å²) in [4.78, 5) is 16.8. The van der Waals surface area contributed by atoms with Crippen LogP contribution in [0.1, 0.15) is 36.9 Å². The summed E-state index contributed by atoms with van der Waals surface area (Å²) in [6.45, 7) is 11.9. The first-order valence-electron chi connectivity index (χ1n) is 8.55. The number of hydrogen-bond acceptors (Lipinski definition) is 6. The van der Waals surface area contributed by atoms with Crippen molar-refractivity contribution in [3.8, 4) is 0 Å². The maximum absolute atomic E-state index is 12.3. The lowest BCUT2D eigenvalue weighted by molar-refractivity contribution is 0.247. The number of nitrogens with zero attached hydrogens (tertiary/aromatic N) is 5. The first kappa shape index (κ1) is 17.9. The average Bonchev–Trinajstić information content (AvgIpc) is 2.90. The van der Waals surface area contributed by atoms with Crippen molar-refractivity contribution in [1.29, 1.82) is 0 Å². The van der Waals surface area contributed by atoms with Gasteiger partial charge in [-0.2, -0.15) is 5.10 Å². The predicted octanol–water partition coefficient (Wildman–Crippen LogP) is 2.40. The number of piperazine rings is 1. The topological polar surface area (TPSA) is 67.4 Å². The second-order valence-corrected chi connectivity index (χ2v) is 7.13. The Bertz CT molecular complexity index is 786. The van der Waals surface area contributed by atoms with Crippen molar-refractivity contribution in [3.63, 3.8) is 0 Å². The van der Waals surface area contributed by atoms with E-state index < -0.39 is 0 Å². The summed E-state index contributed by atoms with van der Waals surface area (Å²) < 4.78 is 6.65. The van der Waals surface area contributed by atoms with Gasteiger partial charge in [-0.25, -0.2) is 4.68 Å². The van der Waals surface area contributed by atoms with Crippen LogP contribution in [0, 0.1) is 13.8 Å². The fraction of sp³-hybridized carbons (Fsp3) is 0.588. The van der Waals surface area contributed by atoms with Crippen LogP contribution in [-0.4, -0.2) is 46.0 Å². The fourth-order valence-corrected chi connectivity index (χ4v) is 3.38. The molecule has 7 nitrogen and oxygen atoms in total. The van der Waals surface area contributed by atoms with E-state index in [1.54, 1.807) is 6.20 Å². The summed E-state index contributed by atoms with van der Waals surface area (Å²) in [6, 6.07) is -0.00838. The molecule has 0 bridgehead atoms. The Morgan fingerprint density at radius 1 is 1.24 bits per heavy atom. The Morgan fingerprint density at radius 3 is 2.48 bits per heavy atom. The Morgan fingerprint density at radius 2 is 1.92 bits per heavy atom. The molecule has 1 saturated heterocycles. The second kappa shape index (κ2) is 7.17. The summed E-state index contributed by atoms with van der Waals surface area (Å²) >= 11 is 6.32. The lowest BCUT2D eigenvalue weighted by Crippen LogP contribution is -2.46. The number of aromatic nitrogens is 3. The number of aryl methyl sites for hydroxylation is 2. The van der Waals surface area contributed by atoms with Gasteiger partial charge in [-0.15, -0.1) is 0 Å². The normalized spacial score (nSPS) is 16.0. The van der Waals surface area contributed by atoms with Gasteiger partial charge < -0.3 is 9.42 Å². The third kappa shape index (κ3) is 3.57. The molecule has 1 aliphatic rings. The average molecular weight is 366 g/mol. The van der Waals surface area contributed by atoms with Crippen LogP contribution in [0.2, 0.25) is 5.02 Å². The third-order valence-electron chi connectivity index (χ3n) is 4.69. The molecule has 1 aliphatic heterocycles. The lowest BCUT2D eigenvalue weighted by atomic mass is 10.1. The Labute approximate surface area is 152 Å². The number of anilines is 1. The Kier molecular flexibility index (Phi) is 5.15. The van der Waals surface area contributed by atoms with Gasteiger partial charge >= 0.3 is 0 Å². The number of hydrogen-bond donors (Lipinski definition) is 0. The van der Waals surface area contributed by atoms with Gasteiger partial charge in [-0.05, 0) is 27.7 Å². The zero-order chi connectivity index (χ0) is 18.1. The minimum atomic E-state index is -0.229. The van der Waals surface area contributed by atoms with E-state index in [0.29, 0.717) is 0 Å². The largest absolute Gasteiger partial charge is 0.366 e. The van der Waals surface area contributed by atoms with Gasteiger partial charge in [0.1, 0.15) is 10.8 Å². The van der Waals surface area contributed by atoms with Crippen LogP contribution in [0.15, 0.2) is 15.5 Å². The van der Waals surface area contributed by atoms with Crippen molar-refractivity contribution in [1.82, 2.24) is 19.8 Å². The van der Waals surface area contributed by atoms with Gasteiger partial charge in [0.05, 0.1) is 23.6 Å². The Hall–Kier alpha value is -1.86. The monoisotopic (exact) mass is 365 g/mol. The van der Waals surface area contributed by atoms with E-state index >= 15 is 0 Å². The van der Waals surface area contributed by atoms with E-state index in [2.05, 4.69) is 20.1 Å². The number of rotatable bonds is 4. The van der Waals surface area contributed by atoms with Gasteiger partial charge in [0.2, 0.25) is 0 Å². The van der Waals surface area contributed by atoms with Crippen molar-refractivity contribution in [2.24, 2.45) is 0 Å². The molecule has 0 spiro atoms. The third-order valence-corrected chi connectivity index (χ3v) is 5.05. The van der Waals surface area contributed by atoms with Crippen molar-refractivity contribution in [2.75, 3.05) is 31.1 Å². The highest BCUT2D eigenvalue weighted by molar-refractivity contribution is 6.33. The molecule has 0 amide bonds. The molecule has 136 valence electrons. The molecule has 25 heavy (non-hydrogen) atoms. The summed E-state index contributed by atoms with van der Waals surface area (Å²) in [6.07, 6.45) is 1.70. The molecule has 8 heteroatoms. The molecular formula is C17H24ClN5O2. The van der Waals surface area contributed by atoms with Crippen LogP contribution in [0.4, 0.5) is 5.69 Å². The zero-order valence-electron chi connectivity index (χ0n) is 15.1. The van der Waals surface area contributed by atoms with Gasteiger partial charge in [0.15, 0.2) is 0 Å². The molecule has 0 aromatic carbocycles. The molecule has 1 fully saturated rings. The predicted molar refractivity (Wildman–Crippen MR) is 97.4 cm³/mol. The van der Waals surface area contributed by atoms with Gasteiger partial charge in [-0.1, -0.05) is 16.8 Å². The van der Waals surface area contributed by atoms with Crippen LogP contribution in [-0.2, 0) is 6.54 Å². The van der Waals surface area contributed by atoms with E-state index in [4.69, 9.17) is 16.1 Å². The molecule has 0 atom stereocenters. The molecule has 0 aliphatic carbocycles. The molecule has 0 saturated carbocycles. The van der Waals surface area contributed by atoms with Crippen LogP contribution in [0.3, 0.4) is 0 Å². The fourth-order valence-electron chi connectivity index (χ4n) is 3.12. The molecule has 0 N–H and O–H groups in total. The van der Waals surface area contributed by atoms with Crippen LogP contribution >= 0.6 is 11.6 Å². The smallest absolute Gasteiger partial charge is 0.287 e. The number of halogens is 1. The van der Waals surface area contributed by atoms with E-state index in [1.165, 1.54) is 4.68 Å². The molecule has 0 unspecified atom stereocenters. The van der Waals surface area contributed by atoms with Crippen molar-refractivity contribution in [3.05, 3.63) is 38.6 Å². The molecular weight excluding hydrogens is 342 g/mol. The quantitative estimate of drug-likeness (QED) is 0.828. The molecule has 3 heterocycles. The van der Waals surface area contributed by atoms with Crippen LogP contribution in [0.25, 0.3) is 0 Å². The van der Waals surface area contributed by atoms with E-state index in [-0.39, 0.29) is 16.6 Å². The molecule has 2 aromatic rings. The van der Waals surface area contributed by atoms with Crippen LogP contribution in [0.5, 0.6) is 0 Å². The van der Waals surface area contributed by atoms with Crippen molar-refractivity contribution < 1.29 is 4.52 Å². The highest BCUT2D eigenvalue weighted by atomic mass is 35.5. The van der Waals surface area contributed by atoms with Gasteiger partial charge in [-0.3, -0.25) is 9.69 Å². The maximum Gasteiger partial charge on any atom is 0.287 e. The highest BCUT2D eigenvalue weighted by Crippen LogP contribution is 2.24. The van der Waals surface area contributed by atoms with Crippen molar-refractivity contribution >= 4 is 17.3 Å². The summed E-state index contributed by atoms with van der Waals surface area (Å²) in [5, 5.41) is 8.53. The highest BCUT2D eigenvalue weighted by Gasteiger charge is 2.23. The SMILES string of the molecule is Cc1noc(C)c1CN1CCN(c2cnn(C(C)C)c(=O)c2Cl)CC1. The van der Waals surface area contributed by atoms with Gasteiger partial charge in [0.25, 0.3) is 5.56 Å². The first-order chi connectivity index (χ1) is 11.9. The van der Waals surface area contributed by atoms with E-state index in [0.717, 1.165) is 55.4 Å². The summed E-state index contributed by atoms with van der Waals surface area (Å²) in [5.74, 6) is 0.879. The summed E-state index contributed by atoms with van der Waals surface area (Å²) in [7, 11) is 0. The molecule has 2 aromatic heterocycles. The zero-order valence-corrected chi connectivity index (χ0v) is 15.9. The minimum Gasteiger partial charge on any atom is -0.366 e. The summed E-state index contributed by atoms with van der Waals surface area (Å²) in [5.41, 5.74) is 2.60. The van der Waals surface area contributed by atoms with Crippen molar-refractivity contribution in [2.45, 2.75) is 40.3 Å². The molecule has 0 radical (unpaired) electrons. The van der Waals surface area contributed by atoms with E-state index in [1.807, 2.05) is 27.7 Å². The standard InChI is InChI=1S/C17H24ClN5O2/c1-11(2)23-17(24)16(18)15(9-19-23)22-7-5-21(6-8-22)10-14-12(3)20-25-13(14)4/h9,11H,5-8,10H2,1-4H3. The minimum absolute atomic E-state index is 0.00838. The lowest BCUT2D eigenvalue weighted by Gasteiger charge is -2.36. The Balaban J connectivity index is 1.69. The maximum atomic E-state index is 12.3. The first-order valence-corrected chi connectivity index (χ1v) is 8.92. The second-order valence-electron chi connectivity index (χ2n) is 6.75. The van der Waals surface area contributed by atoms with E-state index in [9.17, 15) is 4.79 Å². The van der Waals surface area contributed by atoms with Gasteiger partial charge in [0, 0.05) is 38.3 Å². The molecule has 3 rings (SSSR count). The van der Waals surface area contributed by atoms with Crippen LogP contribution < -0.4 is 10.5 Å².